The highest BCUT2D eigenvalue weighted by atomic mass is 19.4. The predicted octanol–water partition coefficient (Wildman–Crippen LogP) is 3.28. The maximum atomic E-state index is 12.6. The van der Waals surface area contributed by atoms with Gasteiger partial charge < -0.3 is 11.1 Å². The maximum Gasteiger partial charge on any atom is 0.433 e. The summed E-state index contributed by atoms with van der Waals surface area (Å²) in [6, 6.07) is 0.998. The van der Waals surface area contributed by atoms with E-state index in [2.05, 4.69) is 10.3 Å². The standard InChI is InChI=1S/C13H16F3N3/c14-13(15,16)11-5-10(9(17)6-18-11)19-7-12(3-4-12)8-1-2-8/h5-6,8H,1-4,7,17H2,(H,18,19). The molecule has 6 heteroatoms. The molecule has 0 unspecified atom stereocenters. The second-order valence-electron chi connectivity index (χ2n) is 5.64. The first kappa shape index (κ1) is 12.6. The van der Waals surface area contributed by atoms with Crippen LogP contribution in [0, 0.1) is 11.3 Å². The smallest absolute Gasteiger partial charge is 0.396 e. The Morgan fingerprint density at radius 3 is 2.58 bits per heavy atom. The van der Waals surface area contributed by atoms with Gasteiger partial charge in [-0.05, 0) is 43.1 Å². The Morgan fingerprint density at radius 1 is 1.37 bits per heavy atom. The Labute approximate surface area is 109 Å². The molecule has 1 heterocycles. The first-order valence-corrected chi connectivity index (χ1v) is 6.47. The van der Waals surface area contributed by atoms with Crippen molar-refractivity contribution in [1.82, 2.24) is 4.98 Å². The van der Waals surface area contributed by atoms with E-state index in [9.17, 15) is 13.2 Å². The largest absolute Gasteiger partial charge is 0.433 e. The van der Waals surface area contributed by atoms with Crippen LogP contribution in [-0.2, 0) is 6.18 Å². The Kier molecular flexibility index (Phi) is 2.66. The molecule has 0 aliphatic heterocycles. The lowest BCUT2D eigenvalue weighted by molar-refractivity contribution is -0.141. The Hall–Kier alpha value is -1.46. The van der Waals surface area contributed by atoms with Crippen LogP contribution >= 0.6 is 0 Å². The van der Waals surface area contributed by atoms with E-state index in [1.165, 1.54) is 25.7 Å². The zero-order valence-electron chi connectivity index (χ0n) is 10.4. The Balaban J connectivity index is 1.73. The molecule has 2 fully saturated rings. The molecule has 1 aromatic heterocycles. The van der Waals surface area contributed by atoms with Crippen molar-refractivity contribution in [3.63, 3.8) is 0 Å². The molecule has 2 saturated carbocycles. The number of nitrogens with one attached hydrogen (secondary N) is 1. The van der Waals surface area contributed by atoms with Crippen LogP contribution in [0.25, 0.3) is 0 Å². The zero-order chi connectivity index (χ0) is 13.7. The van der Waals surface area contributed by atoms with E-state index >= 15 is 0 Å². The number of hydrogen-bond acceptors (Lipinski definition) is 3. The molecular weight excluding hydrogens is 255 g/mol. The van der Waals surface area contributed by atoms with Crippen molar-refractivity contribution in [3.8, 4) is 0 Å². The lowest BCUT2D eigenvalue weighted by atomic mass is 10.0. The minimum Gasteiger partial charge on any atom is -0.396 e. The summed E-state index contributed by atoms with van der Waals surface area (Å²) >= 11 is 0. The molecule has 0 atom stereocenters. The topological polar surface area (TPSA) is 50.9 Å². The van der Waals surface area contributed by atoms with Crippen molar-refractivity contribution >= 4 is 11.4 Å². The van der Waals surface area contributed by atoms with Crippen molar-refractivity contribution < 1.29 is 13.2 Å². The summed E-state index contributed by atoms with van der Waals surface area (Å²) in [7, 11) is 0. The first-order valence-electron chi connectivity index (χ1n) is 6.47. The molecule has 3 N–H and O–H groups in total. The molecule has 0 radical (unpaired) electrons. The summed E-state index contributed by atoms with van der Waals surface area (Å²) in [6.07, 6.45) is 1.48. The van der Waals surface area contributed by atoms with Crippen LogP contribution in [0.15, 0.2) is 12.3 Å². The molecule has 19 heavy (non-hydrogen) atoms. The number of pyridine rings is 1. The number of anilines is 2. The third-order valence-electron chi connectivity index (χ3n) is 4.19. The quantitative estimate of drug-likeness (QED) is 0.883. The molecule has 2 aliphatic rings. The molecule has 0 bridgehead atoms. The summed E-state index contributed by atoms with van der Waals surface area (Å²) in [5, 5.41) is 3.08. The fourth-order valence-corrected chi connectivity index (χ4v) is 2.63. The maximum absolute atomic E-state index is 12.6. The first-order chi connectivity index (χ1) is 8.91. The molecule has 3 rings (SSSR count). The van der Waals surface area contributed by atoms with Crippen LogP contribution in [-0.4, -0.2) is 11.5 Å². The van der Waals surface area contributed by atoms with Crippen LogP contribution < -0.4 is 11.1 Å². The molecule has 0 aromatic carbocycles. The number of rotatable bonds is 4. The van der Waals surface area contributed by atoms with E-state index in [4.69, 9.17) is 5.73 Å². The molecule has 2 aliphatic carbocycles. The summed E-state index contributed by atoms with van der Waals surface area (Å²) in [5.74, 6) is 0.755. The van der Waals surface area contributed by atoms with E-state index in [1.54, 1.807) is 0 Å². The minimum atomic E-state index is -4.43. The molecule has 0 spiro atoms. The van der Waals surface area contributed by atoms with E-state index in [-0.39, 0.29) is 5.69 Å². The highest BCUT2D eigenvalue weighted by Gasteiger charge is 2.53. The van der Waals surface area contributed by atoms with Gasteiger partial charge in [0.2, 0.25) is 0 Å². The van der Waals surface area contributed by atoms with Crippen molar-refractivity contribution in [2.24, 2.45) is 11.3 Å². The van der Waals surface area contributed by atoms with E-state index in [0.29, 0.717) is 17.6 Å². The number of nitrogens with zero attached hydrogens (tertiary/aromatic N) is 1. The van der Waals surface area contributed by atoms with Crippen molar-refractivity contribution in [1.29, 1.82) is 0 Å². The summed E-state index contributed by atoms with van der Waals surface area (Å²) in [5.41, 5.74) is 5.70. The van der Waals surface area contributed by atoms with Gasteiger partial charge in [-0.15, -0.1) is 0 Å². The van der Waals surface area contributed by atoms with Crippen LogP contribution in [0.3, 0.4) is 0 Å². The molecule has 1 aromatic rings. The highest BCUT2D eigenvalue weighted by molar-refractivity contribution is 5.65. The third-order valence-corrected chi connectivity index (χ3v) is 4.19. The highest BCUT2D eigenvalue weighted by Crippen LogP contribution is 2.61. The SMILES string of the molecule is Nc1cnc(C(F)(F)F)cc1NCC1(C2CC2)CC1. The van der Waals surface area contributed by atoms with Crippen molar-refractivity contribution in [2.45, 2.75) is 31.9 Å². The van der Waals surface area contributed by atoms with Gasteiger partial charge in [-0.25, -0.2) is 4.98 Å². The number of halogens is 3. The molecule has 3 nitrogen and oxygen atoms in total. The average Bonchev–Trinajstić information content (AvgIpc) is 3.19. The van der Waals surface area contributed by atoms with E-state index < -0.39 is 11.9 Å². The normalized spacial score (nSPS) is 21.2. The summed E-state index contributed by atoms with van der Waals surface area (Å²) in [4.78, 5) is 3.33. The molecular formula is C13H16F3N3. The fourth-order valence-electron chi connectivity index (χ4n) is 2.63. The van der Waals surface area contributed by atoms with Crippen LogP contribution in [0.4, 0.5) is 24.5 Å². The third kappa shape index (κ3) is 2.48. The second kappa shape index (κ2) is 4.02. The number of nitrogen functional groups attached to an aromatic ring is 1. The number of hydrogen-bond donors (Lipinski definition) is 2. The van der Waals surface area contributed by atoms with Gasteiger partial charge in [0.25, 0.3) is 0 Å². The second-order valence-corrected chi connectivity index (χ2v) is 5.64. The number of alkyl halides is 3. The van der Waals surface area contributed by atoms with Gasteiger partial charge in [-0.3, -0.25) is 0 Å². The van der Waals surface area contributed by atoms with Gasteiger partial charge in [0.15, 0.2) is 0 Å². The van der Waals surface area contributed by atoms with Crippen LogP contribution in [0.5, 0.6) is 0 Å². The Morgan fingerprint density at radius 2 is 2.05 bits per heavy atom. The van der Waals surface area contributed by atoms with Crippen LogP contribution in [0.1, 0.15) is 31.4 Å². The van der Waals surface area contributed by atoms with Gasteiger partial charge in [0.1, 0.15) is 5.69 Å². The lowest BCUT2D eigenvalue weighted by Gasteiger charge is -2.18. The molecule has 0 amide bonds. The molecule has 104 valence electrons. The summed E-state index contributed by atoms with van der Waals surface area (Å²) in [6.45, 7) is 0.711. The van der Waals surface area contributed by atoms with Crippen LogP contribution in [0.2, 0.25) is 0 Å². The van der Waals surface area contributed by atoms with Gasteiger partial charge in [-0.2, -0.15) is 13.2 Å². The fraction of sp³-hybridized carbons (Fsp3) is 0.615. The van der Waals surface area contributed by atoms with Gasteiger partial charge in [0.05, 0.1) is 17.6 Å². The predicted molar refractivity (Wildman–Crippen MR) is 66.5 cm³/mol. The summed E-state index contributed by atoms with van der Waals surface area (Å²) < 4.78 is 37.8. The minimum absolute atomic E-state index is 0.264. The monoisotopic (exact) mass is 271 g/mol. The van der Waals surface area contributed by atoms with Gasteiger partial charge in [-0.1, -0.05) is 0 Å². The number of nitrogens with two attached hydrogens (primary N) is 1. The van der Waals surface area contributed by atoms with E-state index in [1.807, 2.05) is 0 Å². The van der Waals surface area contributed by atoms with Crippen molar-refractivity contribution in [3.05, 3.63) is 18.0 Å². The van der Waals surface area contributed by atoms with Gasteiger partial charge >= 0.3 is 6.18 Å². The molecule has 0 saturated heterocycles. The Bertz CT molecular complexity index is 490. The van der Waals surface area contributed by atoms with Gasteiger partial charge in [0, 0.05) is 6.54 Å². The average molecular weight is 271 g/mol. The lowest BCUT2D eigenvalue weighted by Crippen LogP contribution is -2.19. The van der Waals surface area contributed by atoms with Crippen molar-refractivity contribution in [2.75, 3.05) is 17.6 Å². The zero-order valence-corrected chi connectivity index (χ0v) is 10.4. The number of aromatic nitrogens is 1. The van der Waals surface area contributed by atoms with E-state index in [0.717, 1.165) is 18.2 Å².